The van der Waals surface area contributed by atoms with E-state index in [0.29, 0.717) is 17.8 Å². The van der Waals surface area contributed by atoms with Crippen LogP contribution >= 0.6 is 0 Å². The molecule has 0 heterocycles. The first kappa shape index (κ1) is 18.8. The Kier molecular flexibility index (Phi) is 4.54. The van der Waals surface area contributed by atoms with E-state index in [-0.39, 0.29) is 28.9 Å². The van der Waals surface area contributed by atoms with Crippen molar-refractivity contribution in [1.82, 2.24) is 0 Å². The molecule has 0 unspecified atom stereocenters. The Labute approximate surface area is 162 Å². The van der Waals surface area contributed by atoms with E-state index in [1.807, 2.05) is 0 Å². The summed E-state index contributed by atoms with van der Waals surface area (Å²) in [5, 5.41) is 0. The molecule has 3 fully saturated rings. The Morgan fingerprint density at radius 1 is 0.963 bits per heavy atom. The number of rotatable bonds is 2. The maximum absolute atomic E-state index is 11.6. The maximum Gasteiger partial charge on any atom is 0.308 e. The van der Waals surface area contributed by atoms with E-state index in [4.69, 9.17) is 9.47 Å². The van der Waals surface area contributed by atoms with Gasteiger partial charge >= 0.3 is 11.9 Å². The summed E-state index contributed by atoms with van der Waals surface area (Å²) in [6.45, 7) is 7.78. The van der Waals surface area contributed by atoms with Crippen LogP contribution in [0.25, 0.3) is 0 Å². The number of carbonyl (C=O) groups excluding carboxylic acids is 2. The fraction of sp³-hybridized carbons (Fsp3) is 0.783. The number of hydrogen-bond acceptors (Lipinski definition) is 4. The van der Waals surface area contributed by atoms with Gasteiger partial charge in [0.2, 0.25) is 0 Å². The average Bonchev–Trinajstić information content (AvgIpc) is 2.91. The van der Waals surface area contributed by atoms with Gasteiger partial charge in [0.05, 0.1) is 0 Å². The fourth-order valence-electron chi connectivity index (χ4n) is 7.04. The van der Waals surface area contributed by atoms with Crippen molar-refractivity contribution in [3.05, 3.63) is 17.1 Å². The quantitative estimate of drug-likeness (QED) is 0.510. The smallest absolute Gasteiger partial charge is 0.308 e. The second-order valence-electron chi connectivity index (χ2n) is 9.67. The highest BCUT2D eigenvalue weighted by Gasteiger charge is 2.59. The lowest BCUT2D eigenvalue weighted by Gasteiger charge is -2.57. The van der Waals surface area contributed by atoms with Crippen LogP contribution in [0, 0.1) is 28.6 Å². The van der Waals surface area contributed by atoms with Crippen molar-refractivity contribution in [2.24, 2.45) is 28.6 Å². The van der Waals surface area contributed by atoms with Crippen LogP contribution in [-0.4, -0.2) is 18.0 Å². The molecule has 27 heavy (non-hydrogen) atoms. The van der Waals surface area contributed by atoms with Crippen molar-refractivity contribution in [1.29, 1.82) is 0 Å². The van der Waals surface area contributed by atoms with Crippen molar-refractivity contribution >= 4 is 11.9 Å². The van der Waals surface area contributed by atoms with Gasteiger partial charge in [0.25, 0.3) is 0 Å². The largest absolute Gasteiger partial charge is 0.462 e. The van der Waals surface area contributed by atoms with Crippen LogP contribution in [0.4, 0.5) is 0 Å². The third-order valence-corrected chi connectivity index (χ3v) is 8.32. The van der Waals surface area contributed by atoms with Crippen molar-refractivity contribution < 1.29 is 19.1 Å². The average molecular weight is 373 g/mol. The molecule has 0 aromatic heterocycles. The summed E-state index contributed by atoms with van der Waals surface area (Å²) in [7, 11) is 0. The molecule has 4 aliphatic carbocycles. The summed E-state index contributed by atoms with van der Waals surface area (Å²) in [6.07, 6.45) is 8.71. The summed E-state index contributed by atoms with van der Waals surface area (Å²) >= 11 is 0. The van der Waals surface area contributed by atoms with Crippen LogP contribution in [-0.2, 0) is 19.1 Å². The highest BCUT2D eigenvalue weighted by molar-refractivity contribution is 5.67. The molecule has 6 atom stereocenters. The first-order chi connectivity index (χ1) is 12.7. The lowest BCUT2D eigenvalue weighted by molar-refractivity contribution is -0.157. The van der Waals surface area contributed by atoms with E-state index in [9.17, 15) is 9.59 Å². The van der Waals surface area contributed by atoms with Crippen molar-refractivity contribution in [2.45, 2.75) is 85.2 Å². The molecular weight excluding hydrogens is 340 g/mol. The SMILES string of the molecule is CC(=O)OC1=C=C2CC[C@H]3[C@@H]4CC[C@H](OC(C)=O)[C@@]4(C)CC[C@@H]3[C@@]2(C)CC1. The van der Waals surface area contributed by atoms with Gasteiger partial charge in [-0.15, -0.1) is 0 Å². The molecule has 0 aliphatic heterocycles. The Morgan fingerprint density at radius 3 is 2.44 bits per heavy atom. The molecule has 0 radical (unpaired) electrons. The van der Waals surface area contributed by atoms with E-state index >= 15 is 0 Å². The first-order valence-corrected chi connectivity index (χ1v) is 10.6. The summed E-state index contributed by atoms with van der Waals surface area (Å²) < 4.78 is 11.1. The minimum Gasteiger partial charge on any atom is -0.462 e. The normalized spacial score (nSPS) is 42.8. The molecule has 0 spiro atoms. The number of carbonyl (C=O) groups is 2. The summed E-state index contributed by atoms with van der Waals surface area (Å²) in [5.74, 6) is 2.37. The Balaban J connectivity index is 1.61. The summed E-state index contributed by atoms with van der Waals surface area (Å²) in [5.41, 5.74) is 5.16. The van der Waals surface area contributed by atoms with E-state index in [0.717, 1.165) is 37.9 Å². The highest BCUT2D eigenvalue weighted by atomic mass is 16.5. The van der Waals surface area contributed by atoms with E-state index in [2.05, 4.69) is 19.6 Å². The molecular formula is C23H32O4. The van der Waals surface area contributed by atoms with Gasteiger partial charge in [-0.3, -0.25) is 9.59 Å². The van der Waals surface area contributed by atoms with E-state index in [1.165, 1.54) is 38.7 Å². The van der Waals surface area contributed by atoms with Gasteiger partial charge in [-0.05, 0) is 73.7 Å². The molecule has 0 saturated heterocycles. The minimum absolute atomic E-state index is 0.0903. The molecule has 0 aromatic rings. The second kappa shape index (κ2) is 6.51. The van der Waals surface area contributed by atoms with Gasteiger partial charge < -0.3 is 9.47 Å². The molecule has 4 rings (SSSR count). The Hall–Kier alpha value is -1.54. The number of hydrogen-bond donors (Lipinski definition) is 0. The number of fused-ring (bicyclic) bond motifs is 5. The third-order valence-electron chi connectivity index (χ3n) is 8.32. The van der Waals surface area contributed by atoms with Crippen LogP contribution < -0.4 is 0 Å². The van der Waals surface area contributed by atoms with Gasteiger partial charge in [-0.1, -0.05) is 19.6 Å². The van der Waals surface area contributed by atoms with E-state index in [1.54, 1.807) is 0 Å². The molecule has 0 N–H and O–H groups in total. The van der Waals surface area contributed by atoms with Gasteiger partial charge in [0.1, 0.15) is 11.9 Å². The lowest BCUT2D eigenvalue weighted by Crippen LogP contribution is -2.51. The van der Waals surface area contributed by atoms with Gasteiger partial charge in [0.15, 0.2) is 0 Å². The minimum atomic E-state index is -0.244. The first-order valence-electron chi connectivity index (χ1n) is 10.6. The monoisotopic (exact) mass is 372 g/mol. The van der Waals surface area contributed by atoms with Crippen LogP contribution in [0.5, 0.6) is 0 Å². The molecule has 0 bridgehead atoms. The van der Waals surface area contributed by atoms with Crippen molar-refractivity contribution in [2.75, 3.05) is 0 Å². The van der Waals surface area contributed by atoms with Crippen LogP contribution in [0.2, 0.25) is 0 Å². The predicted molar refractivity (Wildman–Crippen MR) is 101 cm³/mol. The standard InChI is InChI=1S/C23H32O4/c1-14(24)26-17-9-11-22(3)16(13-17)5-6-18-19-7-8-21(27-15(2)25)23(19,4)12-10-20(18)22/h18-21H,5-12H2,1-4H3/t18-,19-,20-,21-,22-,23-/m0/s1. The third kappa shape index (κ3) is 2.97. The zero-order valence-electron chi connectivity index (χ0n) is 17.1. The van der Waals surface area contributed by atoms with Crippen LogP contribution in [0.1, 0.15) is 79.1 Å². The molecule has 3 saturated carbocycles. The van der Waals surface area contributed by atoms with Crippen molar-refractivity contribution in [3.63, 3.8) is 0 Å². The van der Waals surface area contributed by atoms with Crippen LogP contribution in [0.3, 0.4) is 0 Å². The number of allylic oxidation sites excluding steroid dienone is 1. The number of ether oxygens (including phenoxy) is 2. The van der Waals surface area contributed by atoms with E-state index < -0.39 is 0 Å². The van der Waals surface area contributed by atoms with Gasteiger partial charge in [-0.25, -0.2) is 0 Å². The zero-order chi connectivity index (χ0) is 19.4. The summed E-state index contributed by atoms with van der Waals surface area (Å²) in [4.78, 5) is 22.9. The van der Waals surface area contributed by atoms with Crippen molar-refractivity contribution in [3.8, 4) is 0 Å². The molecule has 4 nitrogen and oxygen atoms in total. The second-order valence-corrected chi connectivity index (χ2v) is 9.67. The summed E-state index contributed by atoms with van der Waals surface area (Å²) in [6, 6.07) is 0. The topological polar surface area (TPSA) is 52.6 Å². The Bertz CT molecular complexity index is 731. The van der Waals surface area contributed by atoms with Crippen LogP contribution in [0.15, 0.2) is 17.1 Å². The molecule has 4 heteroatoms. The molecule has 4 aliphatic rings. The predicted octanol–water partition coefficient (Wildman–Crippen LogP) is 4.93. The molecule has 0 amide bonds. The zero-order valence-corrected chi connectivity index (χ0v) is 17.1. The molecule has 148 valence electrons. The fourth-order valence-corrected chi connectivity index (χ4v) is 7.04. The number of esters is 2. The van der Waals surface area contributed by atoms with Gasteiger partial charge in [-0.2, -0.15) is 0 Å². The van der Waals surface area contributed by atoms with Gasteiger partial charge in [0, 0.05) is 25.7 Å². The maximum atomic E-state index is 11.6. The molecule has 0 aromatic carbocycles. The Morgan fingerprint density at radius 2 is 1.74 bits per heavy atom. The lowest BCUT2D eigenvalue weighted by atomic mass is 9.48. The highest BCUT2D eigenvalue weighted by Crippen LogP contribution is 2.65.